The van der Waals surface area contributed by atoms with E-state index in [2.05, 4.69) is 11.6 Å². The van der Waals surface area contributed by atoms with Crippen LogP contribution in [0.5, 0.6) is 0 Å². The van der Waals surface area contributed by atoms with Gasteiger partial charge in [0.15, 0.2) is 5.69 Å². The fourth-order valence-corrected chi connectivity index (χ4v) is 2.56. The van der Waals surface area contributed by atoms with Crippen LogP contribution in [0.3, 0.4) is 0 Å². The van der Waals surface area contributed by atoms with Gasteiger partial charge in [-0.1, -0.05) is 6.08 Å². The normalized spacial score (nSPS) is 17.3. The van der Waals surface area contributed by atoms with Crippen molar-refractivity contribution in [1.29, 1.82) is 0 Å². The van der Waals surface area contributed by atoms with Crippen LogP contribution in [0.25, 0.3) is 0 Å². The van der Waals surface area contributed by atoms with Crippen molar-refractivity contribution in [2.24, 2.45) is 5.92 Å². The van der Waals surface area contributed by atoms with Crippen molar-refractivity contribution in [3.05, 3.63) is 41.7 Å². The van der Waals surface area contributed by atoms with Gasteiger partial charge in [-0.2, -0.15) is 0 Å². The van der Waals surface area contributed by atoms with Crippen LogP contribution in [-0.2, 0) is 17.6 Å². The van der Waals surface area contributed by atoms with E-state index in [4.69, 9.17) is 4.74 Å². The zero-order chi connectivity index (χ0) is 13.0. The SMILES string of the molecule is C=CCC[C@H]1Cc2ccnc(C(=O)OCC)c2C1. The molecule has 0 amide bonds. The minimum absolute atomic E-state index is 0.293. The Kier molecular flexibility index (Phi) is 4.13. The molecule has 1 aliphatic carbocycles. The van der Waals surface area contributed by atoms with E-state index >= 15 is 0 Å². The van der Waals surface area contributed by atoms with E-state index in [1.807, 2.05) is 19.1 Å². The van der Waals surface area contributed by atoms with Gasteiger partial charge in [-0.15, -0.1) is 6.58 Å². The van der Waals surface area contributed by atoms with Gasteiger partial charge in [0.1, 0.15) is 0 Å². The molecule has 0 N–H and O–H groups in total. The largest absolute Gasteiger partial charge is 0.461 e. The van der Waals surface area contributed by atoms with E-state index in [0.29, 0.717) is 18.2 Å². The maximum Gasteiger partial charge on any atom is 0.357 e. The Labute approximate surface area is 108 Å². The molecule has 0 aliphatic heterocycles. The quantitative estimate of drug-likeness (QED) is 0.591. The fourth-order valence-electron chi connectivity index (χ4n) is 2.56. The predicted octanol–water partition coefficient (Wildman–Crippen LogP) is 2.94. The molecule has 1 aliphatic rings. The molecule has 1 heterocycles. The molecular weight excluding hydrogens is 226 g/mol. The van der Waals surface area contributed by atoms with Gasteiger partial charge >= 0.3 is 5.97 Å². The summed E-state index contributed by atoms with van der Waals surface area (Å²) in [5.74, 6) is 0.314. The monoisotopic (exact) mass is 245 g/mol. The first-order valence-corrected chi connectivity index (χ1v) is 6.51. The van der Waals surface area contributed by atoms with E-state index in [9.17, 15) is 4.79 Å². The number of esters is 1. The molecule has 0 bridgehead atoms. The minimum Gasteiger partial charge on any atom is -0.461 e. The second kappa shape index (κ2) is 5.80. The van der Waals surface area contributed by atoms with Crippen LogP contribution in [0.15, 0.2) is 24.9 Å². The van der Waals surface area contributed by atoms with E-state index in [1.54, 1.807) is 6.20 Å². The summed E-state index contributed by atoms with van der Waals surface area (Å²) in [6.45, 7) is 5.96. The highest BCUT2D eigenvalue weighted by Gasteiger charge is 2.26. The highest BCUT2D eigenvalue weighted by atomic mass is 16.5. The van der Waals surface area contributed by atoms with Gasteiger partial charge in [-0.25, -0.2) is 9.78 Å². The van der Waals surface area contributed by atoms with E-state index in [1.165, 1.54) is 5.56 Å². The number of allylic oxidation sites excluding steroid dienone is 1. The lowest BCUT2D eigenvalue weighted by Gasteiger charge is -2.07. The summed E-state index contributed by atoms with van der Waals surface area (Å²) < 4.78 is 5.05. The maximum atomic E-state index is 11.8. The molecule has 96 valence electrons. The molecule has 0 fully saturated rings. The van der Waals surface area contributed by atoms with Crippen LogP contribution in [-0.4, -0.2) is 17.6 Å². The van der Waals surface area contributed by atoms with Crippen LogP contribution in [0.2, 0.25) is 0 Å². The third kappa shape index (κ3) is 2.61. The summed E-state index contributed by atoms with van der Waals surface area (Å²) in [5.41, 5.74) is 2.85. The first-order chi connectivity index (χ1) is 8.76. The smallest absolute Gasteiger partial charge is 0.357 e. The van der Waals surface area contributed by atoms with E-state index in [0.717, 1.165) is 31.2 Å². The fraction of sp³-hybridized carbons (Fsp3) is 0.467. The molecule has 0 saturated heterocycles. The Bertz CT molecular complexity index is 454. The maximum absolute atomic E-state index is 11.8. The topological polar surface area (TPSA) is 39.2 Å². The van der Waals surface area contributed by atoms with Gasteiger partial charge < -0.3 is 4.74 Å². The van der Waals surface area contributed by atoms with Crippen molar-refractivity contribution >= 4 is 5.97 Å². The number of fused-ring (bicyclic) bond motifs is 1. The zero-order valence-electron chi connectivity index (χ0n) is 10.8. The second-order valence-corrected chi connectivity index (χ2v) is 4.66. The van der Waals surface area contributed by atoms with Crippen LogP contribution >= 0.6 is 0 Å². The molecule has 18 heavy (non-hydrogen) atoms. The van der Waals surface area contributed by atoms with Gasteiger partial charge in [0, 0.05) is 6.20 Å². The van der Waals surface area contributed by atoms with Crippen LogP contribution in [0.1, 0.15) is 41.4 Å². The number of carbonyl (C=O) groups is 1. The van der Waals surface area contributed by atoms with E-state index < -0.39 is 0 Å². The Morgan fingerprint density at radius 2 is 2.44 bits per heavy atom. The highest BCUT2D eigenvalue weighted by Crippen LogP contribution is 2.31. The standard InChI is InChI=1S/C15H19NO2/c1-3-5-6-11-9-12-7-8-16-14(13(12)10-11)15(17)18-4-2/h3,7-8,11H,1,4-6,9-10H2,2H3/t11-/m0/s1. The summed E-state index contributed by atoms with van der Waals surface area (Å²) in [6.07, 6.45) is 7.79. The molecule has 0 spiro atoms. The molecule has 0 saturated carbocycles. The van der Waals surface area contributed by atoms with Crippen molar-refractivity contribution in [1.82, 2.24) is 4.98 Å². The van der Waals surface area contributed by atoms with E-state index in [-0.39, 0.29) is 5.97 Å². The predicted molar refractivity (Wildman–Crippen MR) is 70.5 cm³/mol. The average Bonchev–Trinajstić information content (AvgIpc) is 2.79. The van der Waals surface area contributed by atoms with Crippen molar-refractivity contribution < 1.29 is 9.53 Å². The molecule has 2 rings (SSSR count). The molecule has 0 radical (unpaired) electrons. The van der Waals surface area contributed by atoms with Gasteiger partial charge in [0.25, 0.3) is 0 Å². The number of rotatable bonds is 5. The Morgan fingerprint density at radius 3 is 3.17 bits per heavy atom. The molecule has 1 atom stereocenters. The van der Waals surface area contributed by atoms with Crippen LogP contribution < -0.4 is 0 Å². The number of pyridine rings is 1. The van der Waals surface area contributed by atoms with Gasteiger partial charge in [-0.05, 0) is 55.7 Å². The van der Waals surface area contributed by atoms with Gasteiger partial charge in [-0.3, -0.25) is 0 Å². The van der Waals surface area contributed by atoms with Gasteiger partial charge in [0.2, 0.25) is 0 Å². The number of hydrogen-bond donors (Lipinski definition) is 0. The highest BCUT2D eigenvalue weighted by molar-refractivity contribution is 5.89. The number of carbonyl (C=O) groups excluding carboxylic acids is 1. The first-order valence-electron chi connectivity index (χ1n) is 6.51. The first kappa shape index (κ1) is 12.8. The summed E-state index contributed by atoms with van der Waals surface area (Å²) in [4.78, 5) is 16.0. The summed E-state index contributed by atoms with van der Waals surface area (Å²) in [5, 5.41) is 0. The summed E-state index contributed by atoms with van der Waals surface area (Å²) in [6, 6.07) is 2.02. The van der Waals surface area contributed by atoms with Crippen molar-refractivity contribution in [3.8, 4) is 0 Å². The van der Waals surface area contributed by atoms with Crippen molar-refractivity contribution in [3.63, 3.8) is 0 Å². The lowest BCUT2D eigenvalue weighted by molar-refractivity contribution is 0.0518. The lowest BCUT2D eigenvalue weighted by atomic mass is 10.00. The average molecular weight is 245 g/mol. The third-order valence-corrected chi connectivity index (χ3v) is 3.40. The summed E-state index contributed by atoms with van der Waals surface area (Å²) in [7, 11) is 0. The number of ether oxygens (including phenoxy) is 1. The molecule has 1 aromatic heterocycles. The molecule has 1 aromatic rings. The molecule has 0 aromatic carbocycles. The van der Waals surface area contributed by atoms with Crippen LogP contribution in [0, 0.1) is 5.92 Å². The Morgan fingerprint density at radius 1 is 1.61 bits per heavy atom. The molecule has 3 nitrogen and oxygen atoms in total. The molecule has 3 heteroatoms. The molecular formula is C15H19NO2. The summed E-state index contributed by atoms with van der Waals surface area (Å²) >= 11 is 0. The zero-order valence-corrected chi connectivity index (χ0v) is 10.8. The van der Waals surface area contributed by atoms with Crippen LogP contribution in [0.4, 0.5) is 0 Å². The number of hydrogen-bond acceptors (Lipinski definition) is 3. The number of nitrogens with zero attached hydrogens (tertiary/aromatic N) is 1. The van der Waals surface area contributed by atoms with Gasteiger partial charge in [0.05, 0.1) is 6.61 Å². The second-order valence-electron chi connectivity index (χ2n) is 4.66. The van der Waals surface area contributed by atoms with Crippen molar-refractivity contribution in [2.45, 2.75) is 32.6 Å². The minimum atomic E-state index is -0.293. The Balaban J connectivity index is 2.16. The lowest BCUT2D eigenvalue weighted by Crippen LogP contribution is -2.10. The van der Waals surface area contributed by atoms with Crippen molar-refractivity contribution in [2.75, 3.05) is 6.61 Å². The number of aromatic nitrogens is 1. The molecule has 0 unspecified atom stereocenters. The third-order valence-electron chi connectivity index (χ3n) is 3.40. The Hall–Kier alpha value is -1.64.